The van der Waals surface area contributed by atoms with Crippen molar-refractivity contribution >= 4 is 0 Å². The van der Waals surface area contributed by atoms with Crippen LogP contribution in [0.25, 0.3) is 0 Å². The summed E-state index contributed by atoms with van der Waals surface area (Å²) in [6, 6.07) is 0. The third-order valence-electron chi connectivity index (χ3n) is 27.4. The van der Waals surface area contributed by atoms with Gasteiger partial charge in [-0.25, -0.2) is 0 Å². The zero-order chi connectivity index (χ0) is 77.9. The highest BCUT2D eigenvalue weighted by molar-refractivity contribution is 5.35. The zero-order valence-electron chi connectivity index (χ0n) is 60.7. The first-order valence-electron chi connectivity index (χ1n) is 37.4. The number of fused-ring (bicyclic) bond motifs is 7. The summed E-state index contributed by atoms with van der Waals surface area (Å²) in [5.74, 6) is -0.457. The molecule has 12 aliphatic rings. The van der Waals surface area contributed by atoms with E-state index in [4.69, 9.17) is 66.3 Å². The molecule has 107 heavy (non-hydrogen) atoms. The molecule has 0 aromatic heterocycles. The Bertz CT molecular complexity index is 2960. The minimum absolute atomic E-state index is 0.00118. The van der Waals surface area contributed by atoms with Crippen LogP contribution in [0.4, 0.5) is 0 Å². The molecule has 0 radical (unpaired) electrons. The van der Waals surface area contributed by atoms with Gasteiger partial charge in [-0.1, -0.05) is 53.2 Å². The predicted octanol–water partition coefficient (Wildman–Crippen LogP) is -8.87. The maximum atomic E-state index is 12.8. The number of ether oxygens (including phenoxy) is 14. The molecule has 37 nitrogen and oxygen atoms in total. The highest BCUT2D eigenvalue weighted by Crippen LogP contribution is 2.76. The molecule has 7 saturated heterocycles. The van der Waals surface area contributed by atoms with Crippen LogP contribution in [0.15, 0.2) is 11.6 Å². The number of aliphatic hydroxyl groups is 23. The van der Waals surface area contributed by atoms with Crippen molar-refractivity contribution in [2.24, 2.45) is 50.2 Å². The van der Waals surface area contributed by atoms with E-state index in [1.807, 2.05) is 6.92 Å². The van der Waals surface area contributed by atoms with E-state index in [0.717, 1.165) is 5.57 Å². The lowest BCUT2D eigenvalue weighted by molar-refractivity contribution is -0.404. The molecule has 0 bridgehead atoms. The van der Waals surface area contributed by atoms with Gasteiger partial charge in [0, 0.05) is 5.41 Å². The number of allylic oxidation sites excluding steroid dienone is 2. The lowest BCUT2D eigenvalue weighted by Gasteiger charge is -2.72. The van der Waals surface area contributed by atoms with Gasteiger partial charge in [0.15, 0.2) is 44.0 Å². The van der Waals surface area contributed by atoms with E-state index in [9.17, 15) is 117 Å². The third-order valence-corrected chi connectivity index (χ3v) is 27.4. The zero-order valence-corrected chi connectivity index (χ0v) is 60.7. The van der Waals surface area contributed by atoms with Crippen molar-refractivity contribution in [2.75, 3.05) is 59.5 Å². The molecule has 11 fully saturated rings. The first kappa shape index (κ1) is 84.7. The summed E-state index contributed by atoms with van der Waals surface area (Å²) in [5, 5.41) is 252. The highest BCUT2D eigenvalue weighted by atomic mass is 16.8. The van der Waals surface area contributed by atoms with E-state index < -0.39 is 294 Å². The van der Waals surface area contributed by atoms with E-state index in [-0.39, 0.29) is 31.0 Å². The van der Waals surface area contributed by atoms with E-state index in [2.05, 4.69) is 40.7 Å². The second-order valence-electron chi connectivity index (χ2n) is 33.8. The Morgan fingerprint density at radius 1 is 0.402 bits per heavy atom. The molecule has 5 aliphatic carbocycles. The molecule has 0 aromatic rings. The van der Waals surface area contributed by atoms with E-state index in [0.29, 0.717) is 57.8 Å². The van der Waals surface area contributed by atoms with Crippen molar-refractivity contribution in [2.45, 2.75) is 314 Å². The second kappa shape index (κ2) is 32.7. The maximum Gasteiger partial charge on any atom is 0.187 e. The third kappa shape index (κ3) is 14.9. The Balaban J connectivity index is 0.789. The van der Waals surface area contributed by atoms with Gasteiger partial charge in [-0.2, -0.15) is 0 Å². The maximum absolute atomic E-state index is 12.8. The molecule has 37 heteroatoms. The summed E-state index contributed by atoms with van der Waals surface area (Å²) in [5.41, 5.74) is -2.80. The molecule has 23 N–H and O–H groups in total. The molecule has 0 amide bonds. The van der Waals surface area contributed by atoms with Crippen molar-refractivity contribution in [3.8, 4) is 0 Å². The lowest BCUT2D eigenvalue weighted by Crippen LogP contribution is -2.68. The van der Waals surface area contributed by atoms with Gasteiger partial charge in [-0.3, -0.25) is 0 Å². The van der Waals surface area contributed by atoms with Crippen LogP contribution in [-0.4, -0.2) is 392 Å². The fourth-order valence-electron chi connectivity index (χ4n) is 20.6. The number of aliphatic hydroxyl groups excluding tert-OH is 23. The van der Waals surface area contributed by atoms with Crippen LogP contribution < -0.4 is 0 Å². The molecule has 618 valence electrons. The van der Waals surface area contributed by atoms with Crippen molar-refractivity contribution in [1.82, 2.24) is 0 Å². The lowest BCUT2D eigenvalue weighted by atomic mass is 9.33. The topological polar surface area (TPSA) is 595 Å². The van der Waals surface area contributed by atoms with E-state index in [1.165, 1.54) is 0 Å². The molecular weight excluding hydrogens is 1430 g/mol. The largest absolute Gasteiger partial charge is 0.396 e. The highest BCUT2D eigenvalue weighted by Gasteiger charge is 2.71. The smallest absolute Gasteiger partial charge is 0.187 e. The Hall–Kier alpha value is -1.74. The van der Waals surface area contributed by atoms with Crippen molar-refractivity contribution in [3.05, 3.63) is 11.6 Å². The van der Waals surface area contributed by atoms with E-state index in [1.54, 1.807) is 0 Å². The fraction of sp³-hybridized carbons (Fsp3) is 0.971. The summed E-state index contributed by atoms with van der Waals surface area (Å²) >= 11 is 0. The molecular formula is C70H116O37. The Labute approximate surface area is 617 Å². The van der Waals surface area contributed by atoms with Gasteiger partial charge in [-0.15, -0.1) is 0 Å². The standard InChI is InChI=1S/C70H116O37/c1-65(2)35-9-12-68(5)36(8-7-26-27-15-66(3,13-14-70(27,24-76)37(78)16-69(26,68)6)25-96-63-56(49(89)43(83)32(20-74)100-63)106-61-53(93)48(88)42(82)31(19-73)99-61)67(35,4)11-10-38(65)103-62-55(105-60-52(92)47(87)41(81)30(18-72)98-60)45(85)34(23-95-62)102-64-57(107-58-50(90)39(79)28(77)22-94-58)54(44(84)33(21-75)101-64)104-59-51(91)46(86)40(80)29(17-71)97-59/h7,27-64,71-93H,8-25H2,1-6H3. The minimum Gasteiger partial charge on any atom is -0.396 e. The molecule has 4 saturated carbocycles. The summed E-state index contributed by atoms with van der Waals surface area (Å²) in [7, 11) is 0. The van der Waals surface area contributed by atoms with Crippen LogP contribution in [0, 0.1) is 50.2 Å². The Kier molecular flexibility index (Phi) is 25.9. The van der Waals surface area contributed by atoms with Crippen LogP contribution in [0.2, 0.25) is 0 Å². The summed E-state index contributed by atoms with van der Waals surface area (Å²) < 4.78 is 85.7. The van der Waals surface area contributed by atoms with Gasteiger partial charge in [0.25, 0.3) is 0 Å². The number of hydrogen-bond acceptors (Lipinski definition) is 37. The van der Waals surface area contributed by atoms with Crippen LogP contribution in [-0.2, 0) is 66.3 Å². The predicted molar refractivity (Wildman–Crippen MR) is 351 cm³/mol. The van der Waals surface area contributed by atoms with Gasteiger partial charge in [-0.05, 0) is 103 Å². The van der Waals surface area contributed by atoms with Crippen molar-refractivity contribution in [3.63, 3.8) is 0 Å². The molecule has 12 rings (SSSR count). The Morgan fingerprint density at radius 3 is 1.42 bits per heavy atom. The van der Waals surface area contributed by atoms with Crippen LogP contribution >= 0.6 is 0 Å². The molecule has 0 aromatic carbocycles. The SMILES string of the molecule is CC1(COC2OC(CO)C(O)C(O)C2OC2OC(CO)C(O)C(O)C2O)CCC2(CO)C(O)CC3(C)C(=CCC4C5(C)CCC(OC6OCC(OC7OC(CO)C(O)C(OC8OC(CO)C(O)C(O)C8O)C7OC7OCC(O)C(O)C7O)C(O)C6OC6OC(CO)C(O)C(O)C6O)C(C)(C)C5CCC43C)C2C1. The fourth-order valence-corrected chi connectivity index (χ4v) is 20.6. The molecule has 7 aliphatic heterocycles. The van der Waals surface area contributed by atoms with Gasteiger partial charge in [0.2, 0.25) is 0 Å². The van der Waals surface area contributed by atoms with Gasteiger partial charge < -0.3 is 184 Å². The van der Waals surface area contributed by atoms with Gasteiger partial charge >= 0.3 is 0 Å². The first-order valence-corrected chi connectivity index (χ1v) is 37.4. The normalized spacial score (nSPS) is 55.1. The van der Waals surface area contributed by atoms with Crippen LogP contribution in [0.3, 0.4) is 0 Å². The van der Waals surface area contributed by atoms with Gasteiger partial charge in [0.1, 0.15) is 159 Å². The molecule has 43 atom stereocenters. The molecule has 7 heterocycles. The minimum atomic E-state index is -2.08. The summed E-state index contributed by atoms with van der Waals surface area (Å²) in [6.07, 6.45) is -53.9. The number of hydrogen-bond donors (Lipinski definition) is 23. The summed E-state index contributed by atoms with van der Waals surface area (Å²) in [6.45, 7) is 7.13. The monoisotopic (exact) mass is 1550 g/mol. The van der Waals surface area contributed by atoms with Crippen molar-refractivity contribution in [1.29, 1.82) is 0 Å². The second-order valence-corrected chi connectivity index (χ2v) is 33.8. The quantitative estimate of drug-likeness (QED) is 0.0375. The first-order chi connectivity index (χ1) is 50.5. The van der Waals surface area contributed by atoms with Crippen LogP contribution in [0.1, 0.15) is 99.3 Å². The van der Waals surface area contributed by atoms with Crippen LogP contribution in [0.5, 0.6) is 0 Å². The molecule has 43 unspecified atom stereocenters. The number of rotatable bonds is 21. The molecule has 0 spiro atoms. The average molecular weight is 1550 g/mol. The van der Waals surface area contributed by atoms with Crippen molar-refractivity contribution < 1.29 is 184 Å². The summed E-state index contributed by atoms with van der Waals surface area (Å²) in [4.78, 5) is 0. The van der Waals surface area contributed by atoms with E-state index >= 15 is 0 Å². The Morgan fingerprint density at radius 2 is 0.879 bits per heavy atom. The van der Waals surface area contributed by atoms with Gasteiger partial charge in [0.05, 0.1) is 71.7 Å². The average Bonchev–Trinajstić information content (AvgIpc) is 0.672.